The summed E-state index contributed by atoms with van der Waals surface area (Å²) in [6.07, 6.45) is 7.29. The summed E-state index contributed by atoms with van der Waals surface area (Å²) in [6.45, 7) is 4.25. The van der Waals surface area contributed by atoms with E-state index in [0.717, 1.165) is 13.0 Å². The Morgan fingerprint density at radius 2 is 1.80 bits per heavy atom. The molecule has 20 heavy (non-hydrogen) atoms. The second-order valence-corrected chi connectivity index (χ2v) is 8.57. The molecule has 0 spiro atoms. The highest BCUT2D eigenvalue weighted by Crippen LogP contribution is 2.29. The molecular weight excluding hydrogens is 274 g/mol. The van der Waals surface area contributed by atoms with E-state index in [0.29, 0.717) is 37.7 Å². The molecular formula is C15H29NO3S. The van der Waals surface area contributed by atoms with E-state index in [4.69, 9.17) is 4.74 Å². The highest BCUT2D eigenvalue weighted by Gasteiger charge is 2.33. The molecule has 4 nitrogen and oxygen atoms in total. The fraction of sp³-hybridized carbons (Fsp3) is 1.00. The minimum Gasteiger partial charge on any atom is -0.381 e. The SMILES string of the molecule is CCCNC(CS(=O)(=O)C1CCOCC1)C1CCCC1. The molecule has 2 aliphatic rings. The summed E-state index contributed by atoms with van der Waals surface area (Å²) in [6, 6.07) is 0.158. The first-order valence-corrected chi connectivity index (χ1v) is 9.87. The highest BCUT2D eigenvalue weighted by atomic mass is 32.2. The van der Waals surface area contributed by atoms with Gasteiger partial charge in [0.2, 0.25) is 0 Å². The van der Waals surface area contributed by atoms with E-state index in [2.05, 4.69) is 12.2 Å². The Morgan fingerprint density at radius 1 is 1.15 bits per heavy atom. The van der Waals surface area contributed by atoms with Crippen LogP contribution in [0.25, 0.3) is 0 Å². The Kier molecular flexibility index (Phi) is 6.30. The zero-order chi connectivity index (χ0) is 14.4. The molecule has 0 aromatic rings. The summed E-state index contributed by atoms with van der Waals surface area (Å²) in [5, 5.41) is 3.32. The van der Waals surface area contributed by atoms with Crippen LogP contribution in [0.15, 0.2) is 0 Å². The van der Waals surface area contributed by atoms with Crippen LogP contribution in [-0.2, 0) is 14.6 Å². The molecule has 1 saturated heterocycles. The molecule has 0 radical (unpaired) electrons. The molecule has 1 heterocycles. The van der Waals surface area contributed by atoms with Gasteiger partial charge in [0, 0.05) is 19.3 Å². The quantitative estimate of drug-likeness (QED) is 0.783. The normalized spacial score (nSPS) is 24.1. The second kappa shape index (κ2) is 7.76. The zero-order valence-corrected chi connectivity index (χ0v) is 13.5. The van der Waals surface area contributed by atoms with Crippen molar-refractivity contribution in [3.63, 3.8) is 0 Å². The van der Waals surface area contributed by atoms with Crippen molar-refractivity contribution in [2.75, 3.05) is 25.5 Å². The second-order valence-electron chi connectivity index (χ2n) is 6.25. The van der Waals surface area contributed by atoms with Crippen LogP contribution in [0.2, 0.25) is 0 Å². The molecule has 0 amide bonds. The Labute approximate surface area is 123 Å². The first kappa shape index (κ1) is 16.2. The van der Waals surface area contributed by atoms with Gasteiger partial charge in [-0.1, -0.05) is 19.8 Å². The third kappa shape index (κ3) is 4.43. The minimum atomic E-state index is -2.99. The Hall–Kier alpha value is -0.130. The lowest BCUT2D eigenvalue weighted by atomic mass is 9.99. The van der Waals surface area contributed by atoms with Gasteiger partial charge in [0.05, 0.1) is 11.0 Å². The van der Waals surface area contributed by atoms with Crippen LogP contribution in [0.3, 0.4) is 0 Å². The molecule has 1 unspecified atom stereocenters. The van der Waals surface area contributed by atoms with Crippen LogP contribution in [-0.4, -0.2) is 45.2 Å². The van der Waals surface area contributed by atoms with Crippen molar-refractivity contribution in [1.29, 1.82) is 0 Å². The topological polar surface area (TPSA) is 55.4 Å². The van der Waals surface area contributed by atoms with Gasteiger partial charge >= 0.3 is 0 Å². The van der Waals surface area contributed by atoms with Gasteiger partial charge in [-0.05, 0) is 44.6 Å². The standard InChI is InChI=1S/C15H29NO3S/c1-2-9-16-15(13-5-3-4-6-13)12-20(17,18)14-7-10-19-11-8-14/h13-16H,2-12H2,1H3. The predicted molar refractivity (Wildman–Crippen MR) is 81.7 cm³/mol. The van der Waals surface area contributed by atoms with Crippen molar-refractivity contribution in [3.05, 3.63) is 0 Å². The van der Waals surface area contributed by atoms with Crippen molar-refractivity contribution in [1.82, 2.24) is 5.32 Å². The van der Waals surface area contributed by atoms with Crippen molar-refractivity contribution >= 4 is 9.84 Å². The molecule has 2 fully saturated rings. The Balaban J connectivity index is 1.97. The number of hydrogen-bond acceptors (Lipinski definition) is 4. The maximum Gasteiger partial charge on any atom is 0.154 e. The Bertz CT molecular complexity index is 371. The van der Waals surface area contributed by atoms with Crippen LogP contribution in [0.5, 0.6) is 0 Å². The van der Waals surface area contributed by atoms with Gasteiger partial charge < -0.3 is 10.1 Å². The lowest BCUT2D eigenvalue weighted by Gasteiger charge is -2.28. The molecule has 1 saturated carbocycles. The monoisotopic (exact) mass is 303 g/mol. The van der Waals surface area contributed by atoms with E-state index in [1.165, 1.54) is 25.7 Å². The summed E-state index contributed by atoms with van der Waals surface area (Å²) in [5.41, 5.74) is 0. The average Bonchev–Trinajstić information content (AvgIpc) is 2.98. The highest BCUT2D eigenvalue weighted by molar-refractivity contribution is 7.92. The van der Waals surface area contributed by atoms with Crippen molar-refractivity contribution in [2.45, 2.75) is 63.2 Å². The predicted octanol–water partition coefficient (Wildman–Crippen LogP) is 2.14. The third-order valence-corrected chi connectivity index (χ3v) is 7.02. The maximum absolute atomic E-state index is 12.6. The van der Waals surface area contributed by atoms with Gasteiger partial charge in [-0.3, -0.25) is 0 Å². The summed E-state index contributed by atoms with van der Waals surface area (Å²) < 4.78 is 30.5. The summed E-state index contributed by atoms with van der Waals surface area (Å²) in [7, 11) is -2.99. The number of hydrogen-bond donors (Lipinski definition) is 1. The molecule has 1 aliphatic carbocycles. The van der Waals surface area contributed by atoms with E-state index in [1.807, 2.05) is 0 Å². The van der Waals surface area contributed by atoms with Crippen LogP contribution in [0.4, 0.5) is 0 Å². The molecule has 0 bridgehead atoms. The van der Waals surface area contributed by atoms with E-state index >= 15 is 0 Å². The van der Waals surface area contributed by atoms with Crippen molar-refractivity contribution in [3.8, 4) is 0 Å². The molecule has 118 valence electrons. The molecule has 1 N–H and O–H groups in total. The zero-order valence-electron chi connectivity index (χ0n) is 12.6. The number of nitrogens with one attached hydrogen (secondary N) is 1. The average molecular weight is 303 g/mol. The van der Waals surface area contributed by atoms with Crippen LogP contribution >= 0.6 is 0 Å². The molecule has 5 heteroatoms. The van der Waals surface area contributed by atoms with Crippen LogP contribution in [0.1, 0.15) is 51.9 Å². The van der Waals surface area contributed by atoms with Gasteiger partial charge in [0.25, 0.3) is 0 Å². The number of rotatable bonds is 7. The number of ether oxygens (including phenoxy) is 1. The molecule has 1 aliphatic heterocycles. The lowest BCUT2D eigenvalue weighted by Crippen LogP contribution is -2.44. The number of sulfone groups is 1. The lowest BCUT2D eigenvalue weighted by molar-refractivity contribution is 0.0983. The summed E-state index contributed by atoms with van der Waals surface area (Å²) in [4.78, 5) is 0. The fourth-order valence-corrected chi connectivity index (χ4v) is 5.55. The van der Waals surface area contributed by atoms with Gasteiger partial charge in [-0.15, -0.1) is 0 Å². The Morgan fingerprint density at radius 3 is 2.40 bits per heavy atom. The molecule has 2 rings (SSSR count). The van der Waals surface area contributed by atoms with E-state index < -0.39 is 9.84 Å². The third-order valence-electron chi connectivity index (χ3n) is 4.71. The van der Waals surface area contributed by atoms with Gasteiger partial charge in [-0.25, -0.2) is 8.42 Å². The summed E-state index contributed by atoms with van der Waals surface area (Å²) in [5.74, 6) is 0.874. The molecule has 1 atom stereocenters. The minimum absolute atomic E-state index is 0.158. The van der Waals surface area contributed by atoms with Crippen LogP contribution in [0, 0.1) is 5.92 Å². The fourth-order valence-electron chi connectivity index (χ4n) is 3.47. The van der Waals surface area contributed by atoms with Crippen LogP contribution < -0.4 is 5.32 Å². The van der Waals surface area contributed by atoms with E-state index in [9.17, 15) is 8.42 Å². The molecule has 0 aromatic carbocycles. The van der Waals surface area contributed by atoms with Gasteiger partial charge in [0.1, 0.15) is 0 Å². The first-order chi connectivity index (χ1) is 9.63. The largest absolute Gasteiger partial charge is 0.381 e. The van der Waals surface area contributed by atoms with E-state index in [1.54, 1.807) is 0 Å². The first-order valence-electron chi connectivity index (χ1n) is 8.16. The van der Waals surface area contributed by atoms with Crippen molar-refractivity contribution in [2.24, 2.45) is 5.92 Å². The van der Waals surface area contributed by atoms with Crippen molar-refractivity contribution < 1.29 is 13.2 Å². The maximum atomic E-state index is 12.6. The van der Waals surface area contributed by atoms with Gasteiger partial charge in [0.15, 0.2) is 9.84 Å². The van der Waals surface area contributed by atoms with Gasteiger partial charge in [-0.2, -0.15) is 0 Å². The molecule has 0 aromatic heterocycles. The van der Waals surface area contributed by atoms with E-state index in [-0.39, 0.29) is 11.3 Å². The summed E-state index contributed by atoms with van der Waals surface area (Å²) >= 11 is 0. The smallest absolute Gasteiger partial charge is 0.154 e.